The smallest absolute Gasteiger partial charge is 0.417 e. The van der Waals surface area contributed by atoms with Gasteiger partial charge in [0.2, 0.25) is 0 Å². The van der Waals surface area contributed by atoms with Gasteiger partial charge in [0.1, 0.15) is 5.75 Å². The lowest BCUT2D eigenvalue weighted by Crippen LogP contribution is -2.07. The van der Waals surface area contributed by atoms with E-state index in [0.717, 1.165) is 6.07 Å². The molecule has 6 heteroatoms. The van der Waals surface area contributed by atoms with Gasteiger partial charge in [0.05, 0.1) is 19.3 Å². The summed E-state index contributed by atoms with van der Waals surface area (Å²) in [6.07, 6.45) is -4.45. The first-order chi connectivity index (χ1) is 6.90. The molecule has 0 heterocycles. The second kappa shape index (κ2) is 4.40. The Morgan fingerprint density at radius 1 is 1.40 bits per heavy atom. The zero-order valence-electron chi connectivity index (χ0n) is 7.73. The van der Waals surface area contributed by atoms with Gasteiger partial charge in [-0.15, -0.1) is 0 Å². The van der Waals surface area contributed by atoms with E-state index in [2.05, 4.69) is 15.9 Å². The van der Waals surface area contributed by atoms with Crippen LogP contribution in [0.15, 0.2) is 16.6 Å². The maximum atomic E-state index is 12.4. The molecule has 0 amide bonds. The number of benzene rings is 1. The van der Waals surface area contributed by atoms with Crippen molar-refractivity contribution in [3.05, 3.63) is 27.7 Å². The number of ether oxygens (including phenoxy) is 1. The Morgan fingerprint density at radius 2 is 2.00 bits per heavy atom. The minimum atomic E-state index is -4.45. The van der Waals surface area contributed by atoms with Crippen molar-refractivity contribution in [1.82, 2.24) is 0 Å². The van der Waals surface area contributed by atoms with Gasteiger partial charge in [-0.25, -0.2) is 0 Å². The predicted octanol–water partition coefficient (Wildman–Crippen LogP) is 2.97. The lowest BCUT2D eigenvalue weighted by Gasteiger charge is -2.13. The van der Waals surface area contributed by atoms with E-state index in [0.29, 0.717) is 0 Å². The number of alkyl halides is 3. The third-order valence-electron chi connectivity index (χ3n) is 1.85. The van der Waals surface area contributed by atoms with Crippen LogP contribution in [0.25, 0.3) is 0 Å². The van der Waals surface area contributed by atoms with Crippen molar-refractivity contribution in [3.8, 4) is 5.75 Å². The molecule has 84 valence electrons. The average Bonchev–Trinajstić information content (AvgIpc) is 2.15. The fourth-order valence-electron chi connectivity index (χ4n) is 1.13. The highest BCUT2D eigenvalue weighted by atomic mass is 79.9. The molecule has 0 saturated carbocycles. The summed E-state index contributed by atoms with van der Waals surface area (Å²) in [6.45, 7) is -0.500. The van der Waals surface area contributed by atoms with Crippen LogP contribution in [0.2, 0.25) is 0 Å². The monoisotopic (exact) mass is 284 g/mol. The molecule has 1 N–H and O–H groups in total. The van der Waals surface area contributed by atoms with Crippen LogP contribution in [0.5, 0.6) is 5.75 Å². The van der Waals surface area contributed by atoms with Gasteiger partial charge >= 0.3 is 6.18 Å². The molecule has 0 bridgehead atoms. The molecule has 0 saturated heterocycles. The predicted molar refractivity (Wildman–Crippen MR) is 51.6 cm³/mol. The Morgan fingerprint density at radius 3 is 2.40 bits per heavy atom. The average molecular weight is 285 g/mol. The van der Waals surface area contributed by atoms with E-state index >= 15 is 0 Å². The van der Waals surface area contributed by atoms with Gasteiger partial charge in [-0.05, 0) is 12.1 Å². The van der Waals surface area contributed by atoms with Crippen molar-refractivity contribution < 1.29 is 23.0 Å². The highest BCUT2D eigenvalue weighted by Crippen LogP contribution is 2.38. The molecule has 0 atom stereocenters. The van der Waals surface area contributed by atoms with Crippen molar-refractivity contribution in [2.45, 2.75) is 12.8 Å². The summed E-state index contributed by atoms with van der Waals surface area (Å²) < 4.78 is 42.1. The summed E-state index contributed by atoms with van der Waals surface area (Å²) >= 11 is 2.81. The minimum absolute atomic E-state index is 0.105. The summed E-state index contributed by atoms with van der Waals surface area (Å²) in [4.78, 5) is 0. The number of rotatable bonds is 2. The first-order valence-electron chi connectivity index (χ1n) is 3.94. The number of hydrogen-bond donors (Lipinski definition) is 1. The lowest BCUT2D eigenvalue weighted by atomic mass is 10.1. The summed E-state index contributed by atoms with van der Waals surface area (Å²) in [5, 5.41) is 8.87. The number of halogens is 4. The fraction of sp³-hybridized carbons (Fsp3) is 0.333. The third-order valence-corrected chi connectivity index (χ3v) is 2.50. The van der Waals surface area contributed by atoms with Crippen LogP contribution in [0.1, 0.15) is 11.1 Å². The zero-order valence-corrected chi connectivity index (χ0v) is 9.32. The Kier molecular flexibility index (Phi) is 3.62. The summed E-state index contributed by atoms with van der Waals surface area (Å²) in [6, 6.07) is 2.05. The highest BCUT2D eigenvalue weighted by Gasteiger charge is 2.33. The molecule has 1 aromatic carbocycles. The molecule has 1 aromatic rings. The van der Waals surface area contributed by atoms with E-state index in [4.69, 9.17) is 9.84 Å². The third kappa shape index (κ3) is 2.63. The second-order valence-electron chi connectivity index (χ2n) is 2.80. The Balaban J connectivity index is 3.32. The van der Waals surface area contributed by atoms with Crippen molar-refractivity contribution >= 4 is 15.9 Å². The molecule has 15 heavy (non-hydrogen) atoms. The van der Waals surface area contributed by atoms with E-state index in [1.54, 1.807) is 0 Å². The zero-order chi connectivity index (χ0) is 11.6. The molecule has 0 aliphatic heterocycles. The molecule has 0 radical (unpaired) electrons. The van der Waals surface area contributed by atoms with E-state index in [9.17, 15) is 13.2 Å². The Hall–Kier alpha value is -0.750. The van der Waals surface area contributed by atoms with Gasteiger partial charge < -0.3 is 9.84 Å². The van der Waals surface area contributed by atoms with Crippen LogP contribution >= 0.6 is 15.9 Å². The SMILES string of the molecule is COc1cc(Br)c(C(F)(F)F)cc1CO. The number of methoxy groups -OCH3 is 1. The molecule has 0 spiro atoms. The largest absolute Gasteiger partial charge is 0.496 e. The maximum absolute atomic E-state index is 12.4. The van der Waals surface area contributed by atoms with Crippen LogP contribution in [0, 0.1) is 0 Å². The first-order valence-corrected chi connectivity index (χ1v) is 4.74. The van der Waals surface area contributed by atoms with Gasteiger partial charge in [0, 0.05) is 10.0 Å². The topological polar surface area (TPSA) is 29.5 Å². The van der Waals surface area contributed by atoms with Crippen LogP contribution in [0.4, 0.5) is 13.2 Å². The first kappa shape index (κ1) is 12.3. The van der Waals surface area contributed by atoms with Crippen LogP contribution < -0.4 is 4.74 Å². The van der Waals surface area contributed by atoms with E-state index < -0.39 is 18.3 Å². The molecular formula is C9H8BrF3O2. The van der Waals surface area contributed by atoms with Gasteiger partial charge in [0.15, 0.2) is 0 Å². The molecule has 0 fully saturated rings. The summed E-state index contributed by atoms with van der Waals surface area (Å²) in [5.41, 5.74) is -0.722. The molecular weight excluding hydrogens is 277 g/mol. The van der Waals surface area contributed by atoms with Crippen molar-refractivity contribution in [2.24, 2.45) is 0 Å². The Labute approximate surface area is 92.8 Å². The number of hydrogen-bond acceptors (Lipinski definition) is 2. The lowest BCUT2D eigenvalue weighted by molar-refractivity contribution is -0.138. The van der Waals surface area contributed by atoms with Gasteiger partial charge in [-0.3, -0.25) is 0 Å². The molecule has 0 aromatic heterocycles. The highest BCUT2D eigenvalue weighted by molar-refractivity contribution is 9.10. The van der Waals surface area contributed by atoms with Crippen molar-refractivity contribution in [1.29, 1.82) is 0 Å². The second-order valence-corrected chi connectivity index (χ2v) is 3.65. The van der Waals surface area contributed by atoms with Crippen molar-refractivity contribution in [3.63, 3.8) is 0 Å². The van der Waals surface area contributed by atoms with Crippen LogP contribution in [-0.2, 0) is 12.8 Å². The Bertz CT molecular complexity index is 363. The standard InChI is InChI=1S/C9H8BrF3O2/c1-15-8-3-7(10)6(9(11,12)13)2-5(8)4-14/h2-3,14H,4H2,1H3. The van der Waals surface area contributed by atoms with Crippen molar-refractivity contribution in [2.75, 3.05) is 7.11 Å². The molecule has 1 rings (SSSR count). The number of aliphatic hydroxyl groups is 1. The molecule has 0 aliphatic rings. The van der Waals surface area contributed by atoms with Crippen LogP contribution in [0.3, 0.4) is 0 Å². The summed E-state index contributed by atoms with van der Waals surface area (Å²) in [7, 11) is 1.33. The fourth-order valence-corrected chi connectivity index (χ4v) is 1.68. The minimum Gasteiger partial charge on any atom is -0.496 e. The van der Waals surface area contributed by atoms with Gasteiger partial charge in [0.25, 0.3) is 0 Å². The quantitative estimate of drug-likeness (QED) is 0.905. The van der Waals surface area contributed by atoms with E-state index in [1.165, 1.54) is 13.2 Å². The van der Waals surface area contributed by atoms with Crippen LogP contribution in [-0.4, -0.2) is 12.2 Å². The number of aliphatic hydroxyl groups excluding tert-OH is 1. The van der Waals surface area contributed by atoms with E-state index in [1.807, 2.05) is 0 Å². The van der Waals surface area contributed by atoms with Gasteiger partial charge in [-0.1, -0.05) is 15.9 Å². The molecule has 0 aliphatic carbocycles. The maximum Gasteiger partial charge on any atom is 0.417 e. The van der Waals surface area contributed by atoms with Gasteiger partial charge in [-0.2, -0.15) is 13.2 Å². The molecule has 0 unspecified atom stereocenters. The summed E-state index contributed by atoms with van der Waals surface area (Å²) in [5.74, 6) is 0.220. The normalized spacial score (nSPS) is 11.6. The van der Waals surface area contributed by atoms with E-state index in [-0.39, 0.29) is 15.8 Å². The molecule has 2 nitrogen and oxygen atoms in total.